The van der Waals surface area contributed by atoms with Gasteiger partial charge in [0.05, 0.1) is 13.2 Å². The highest BCUT2D eigenvalue weighted by molar-refractivity contribution is 6.02. The third-order valence-corrected chi connectivity index (χ3v) is 10.0. The lowest BCUT2D eigenvalue weighted by atomic mass is 9.88. The van der Waals surface area contributed by atoms with Gasteiger partial charge in [-0.2, -0.15) is 0 Å². The molecule has 3 aromatic rings. The van der Waals surface area contributed by atoms with Crippen LogP contribution in [0.5, 0.6) is 5.75 Å². The van der Waals surface area contributed by atoms with E-state index in [0.717, 1.165) is 42.1 Å². The van der Waals surface area contributed by atoms with Gasteiger partial charge in [-0.25, -0.2) is 0 Å². The summed E-state index contributed by atoms with van der Waals surface area (Å²) in [5, 5.41) is 6.91. The van der Waals surface area contributed by atoms with Crippen molar-refractivity contribution in [2.75, 3.05) is 13.7 Å². The number of hydrogen-bond donors (Lipinski definition) is 3. The summed E-state index contributed by atoms with van der Waals surface area (Å²) in [5.74, 6) is -0.109. The Kier molecular flexibility index (Phi) is 8.71. The van der Waals surface area contributed by atoms with Crippen molar-refractivity contribution in [2.24, 2.45) is 17.8 Å². The number of H-pyrrole nitrogens is 1. The van der Waals surface area contributed by atoms with Crippen LogP contribution in [0.1, 0.15) is 74.8 Å². The number of hydrogen-bond acceptors (Lipinski definition) is 5. The fourth-order valence-electron chi connectivity index (χ4n) is 7.91. The van der Waals surface area contributed by atoms with Gasteiger partial charge in [0.25, 0.3) is 5.91 Å². The van der Waals surface area contributed by atoms with Crippen molar-refractivity contribution in [1.82, 2.24) is 20.5 Å². The molecule has 45 heavy (non-hydrogen) atoms. The quantitative estimate of drug-likeness (QED) is 0.287. The SMILES string of the molecule is COc1cccc2[nH]c(C(=O)N3C[C@@H]4CCC[C@@H]4[C@H]3C(=O)NC(C[C@@H]3CC(C)(C)NC3=O)C(=O)CCCc3ccccc3)cc12. The average molecular weight is 613 g/mol. The number of amides is 3. The fraction of sp³-hybridized carbons (Fsp3) is 0.500. The van der Waals surface area contributed by atoms with Crippen molar-refractivity contribution < 1.29 is 23.9 Å². The number of nitrogens with one attached hydrogen (secondary N) is 3. The molecule has 9 nitrogen and oxygen atoms in total. The number of benzene rings is 2. The van der Waals surface area contributed by atoms with Gasteiger partial charge in [-0.15, -0.1) is 0 Å². The molecule has 3 amide bonds. The molecule has 2 aliphatic heterocycles. The average Bonchev–Trinajstić information content (AvgIpc) is 3.78. The molecular weight excluding hydrogens is 568 g/mol. The van der Waals surface area contributed by atoms with E-state index >= 15 is 0 Å². The summed E-state index contributed by atoms with van der Waals surface area (Å²) in [5.41, 5.74) is 1.99. The molecule has 3 heterocycles. The molecule has 1 aromatic heterocycles. The highest BCUT2D eigenvalue weighted by Gasteiger charge is 2.50. The largest absolute Gasteiger partial charge is 0.496 e. The molecule has 3 fully saturated rings. The number of nitrogens with zero attached hydrogens (tertiary/aromatic N) is 1. The summed E-state index contributed by atoms with van der Waals surface area (Å²) >= 11 is 0. The summed E-state index contributed by atoms with van der Waals surface area (Å²) in [4.78, 5) is 59.7. The molecule has 5 atom stereocenters. The molecule has 1 aliphatic carbocycles. The molecule has 9 heteroatoms. The summed E-state index contributed by atoms with van der Waals surface area (Å²) in [7, 11) is 1.60. The lowest BCUT2D eigenvalue weighted by Crippen LogP contribution is -2.53. The van der Waals surface area contributed by atoms with E-state index in [0.29, 0.717) is 37.3 Å². The number of methoxy groups -OCH3 is 1. The Bertz CT molecular complexity index is 1580. The third kappa shape index (κ3) is 6.49. The Morgan fingerprint density at radius 1 is 1.09 bits per heavy atom. The Morgan fingerprint density at radius 3 is 2.62 bits per heavy atom. The molecule has 238 valence electrons. The highest BCUT2D eigenvalue weighted by Crippen LogP contribution is 2.43. The van der Waals surface area contributed by atoms with E-state index in [1.807, 2.05) is 62.4 Å². The summed E-state index contributed by atoms with van der Waals surface area (Å²) in [6.07, 6.45) is 5.41. The van der Waals surface area contributed by atoms with Crippen LogP contribution in [0.4, 0.5) is 0 Å². The number of aromatic amines is 1. The van der Waals surface area contributed by atoms with Gasteiger partial charge in [-0.3, -0.25) is 19.2 Å². The monoisotopic (exact) mass is 612 g/mol. The Labute approximate surface area is 264 Å². The van der Waals surface area contributed by atoms with Crippen molar-refractivity contribution in [3.8, 4) is 5.75 Å². The van der Waals surface area contributed by atoms with Gasteiger partial charge in [0.1, 0.15) is 17.5 Å². The van der Waals surface area contributed by atoms with Crippen LogP contribution in [-0.4, -0.2) is 64.7 Å². The predicted molar refractivity (Wildman–Crippen MR) is 172 cm³/mol. The fourth-order valence-corrected chi connectivity index (χ4v) is 7.91. The van der Waals surface area contributed by atoms with Crippen LogP contribution in [0.2, 0.25) is 0 Å². The van der Waals surface area contributed by atoms with Crippen molar-refractivity contribution in [2.45, 2.75) is 82.8 Å². The Morgan fingerprint density at radius 2 is 1.89 bits per heavy atom. The lowest BCUT2D eigenvalue weighted by Gasteiger charge is -2.29. The first-order valence-corrected chi connectivity index (χ1v) is 16.3. The normalized spacial score (nSPS) is 24.3. The van der Waals surface area contributed by atoms with Crippen molar-refractivity contribution >= 4 is 34.4 Å². The molecule has 3 aliphatic rings. The smallest absolute Gasteiger partial charge is 0.271 e. The Balaban J connectivity index is 1.22. The van der Waals surface area contributed by atoms with Crippen LogP contribution < -0.4 is 15.4 Å². The Hall–Kier alpha value is -4.14. The van der Waals surface area contributed by atoms with Crippen molar-refractivity contribution in [1.29, 1.82) is 0 Å². The van der Waals surface area contributed by atoms with Gasteiger partial charge in [-0.1, -0.05) is 42.8 Å². The first-order valence-electron chi connectivity index (χ1n) is 16.3. The minimum absolute atomic E-state index is 0.0374. The van der Waals surface area contributed by atoms with E-state index in [9.17, 15) is 19.2 Å². The number of aromatic nitrogens is 1. The van der Waals surface area contributed by atoms with Crippen LogP contribution in [0.3, 0.4) is 0 Å². The second-order valence-electron chi connectivity index (χ2n) is 13.7. The second-order valence-corrected chi connectivity index (χ2v) is 13.7. The van der Waals surface area contributed by atoms with Gasteiger partial charge in [-0.05, 0) is 88.0 Å². The highest BCUT2D eigenvalue weighted by atomic mass is 16.5. The van der Waals surface area contributed by atoms with Crippen LogP contribution in [0, 0.1) is 17.8 Å². The number of aryl methyl sites for hydroxylation is 1. The zero-order valence-corrected chi connectivity index (χ0v) is 26.4. The van der Waals surface area contributed by atoms with E-state index in [-0.39, 0.29) is 53.2 Å². The lowest BCUT2D eigenvalue weighted by molar-refractivity contribution is -0.132. The van der Waals surface area contributed by atoms with Crippen molar-refractivity contribution in [3.05, 3.63) is 65.9 Å². The number of fused-ring (bicyclic) bond motifs is 2. The maximum atomic E-state index is 14.2. The van der Waals surface area contributed by atoms with E-state index in [2.05, 4.69) is 15.6 Å². The van der Waals surface area contributed by atoms with Crippen molar-refractivity contribution in [3.63, 3.8) is 0 Å². The molecule has 0 spiro atoms. The van der Waals surface area contributed by atoms with Crippen LogP contribution in [0.25, 0.3) is 10.9 Å². The molecule has 6 rings (SSSR count). The maximum absolute atomic E-state index is 14.2. The zero-order chi connectivity index (χ0) is 31.7. The first-order chi connectivity index (χ1) is 21.6. The maximum Gasteiger partial charge on any atom is 0.271 e. The van der Waals surface area contributed by atoms with Gasteiger partial charge in [0.15, 0.2) is 5.78 Å². The molecule has 0 radical (unpaired) electrons. The molecule has 1 unspecified atom stereocenters. The minimum Gasteiger partial charge on any atom is -0.496 e. The number of ketones is 1. The van der Waals surface area contributed by atoms with E-state index in [4.69, 9.17) is 4.74 Å². The molecule has 0 bridgehead atoms. The molecule has 3 N–H and O–H groups in total. The zero-order valence-electron chi connectivity index (χ0n) is 26.4. The van der Waals surface area contributed by atoms with E-state index in [1.165, 1.54) is 0 Å². The molecule has 2 aromatic carbocycles. The predicted octanol–water partition coefficient (Wildman–Crippen LogP) is 4.80. The van der Waals surface area contributed by atoms with Crippen LogP contribution >= 0.6 is 0 Å². The van der Waals surface area contributed by atoms with Gasteiger partial charge >= 0.3 is 0 Å². The number of carbonyl (C=O) groups excluding carboxylic acids is 4. The number of carbonyl (C=O) groups is 4. The number of Topliss-reactive ketones (excluding diaryl/α,β-unsaturated/α-hetero) is 1. The van der Waals surface area contributed by atoms with Crippen LogP contribution in [0.15, 0.2) is 54.6 Å². The summed E-state index contributed by atoms with van der Waals surface area (Å²) in [6, 6.07) is 16.0. The molecule has 1 saturated carbocycles. The second kappa shape index (κ2) is 12.7. The summed E-state index contributed by atoms with van der Waals surface area (Å²) < 4.78 is 5.49. The molecule has 2 saturated heterocycles. The number of likely N-dealkylation sites (tertiary alicyclic amines) is 1. The standard InChI is InChI=1S/C36H44N4O5/c1-36(2)20-24(33(42)39-36)18-28(30(41)16-7-12-22-10-5-4-6-11-22)38-34(43)32-25-14-8-13-23(25)21-40(32)35(44)29-19-26-27(37-29)15-9-17-31(26)45-3/h4-6,9-11,15,17,19,23-25,28,32,37H,7-8,12-14,16,18,20-21H2,1-3H3,(H,38,43)(H,39,42)/t23-,24+,25-,28?,32-/m0/s1. The first kappa shape index (κ1) is 30.9. The number of rotatable bonds is 11. The van der Waals surface area contributed by atoms with Gasteiger partial charge in [0, 0.05) is 35.3 Å². The summed E-state index contributed by atoms with van der Waals surface area (Å²) in [6.45, 7) is 4.45. The van der Waals surface area contributed by atoms with Gasteiger partial charge < -0.3 is 25.3 Å². The van der Waals surface area contributed by atoms with E-state index < -0.39 is 12.1 Å². The number of ether oxygens (including phenoxy) is 1. The van der Waals surface area contributed by atoms with Gasteiger partial charge in [0.2, 0.25) is 11.8 Å². The van der Waals surface area contributed by atoms with Crippen LogP contribution in [-0.2, 0) is 20.8 Å². The van der Waals surface area contributed by atoms with E-state index in [1.54, 1.807) is 18.1 Å². The molecular formula is C36H44N4O5. The minimum atomic E-state index is -0.798. The third-order valence-electron chi connectivity index (χ3n) is 10.0. The topological polar surface area (TPSA) is 121 Å².